The number of aromatic nitrogens is 6. The first-order valence-corrected chi connectivity index (χ1v) is 9.69. The van der Waals surface area contributed by atoms with Crippen LogP contribution in [0, 0.1) is 0 Å². The van der Waals surface area contributed by atoms with Crippen LogP contribution in [0.25, 0.3) is 28.0 Å². The van der Waals surface area contributed by atoms with Crippen molar-refractivity contribution in [2.24, 2.45) is 0 Å². The number of rotatable bonds is 3. The predicted octanol–water partition coefficient (Wildman–Crippen LogP) is 3.45. The van der Waals surface area contributed by atoms with Crippen molar-refractivity contribution >= 4 is 16.9 Å². The molecule has 0 spiro atoms. The van der Waals surface area contributed by atoms with Crippen molar-refractivity contribution in [3.05, 3.63) is 48.5 Å². The van der Waals surface area contributed by atoms with Crippen LogP contribution in [0.2, 0.25) is 0 Å². The Labute approximate surface area is 174 Å². The van der Waals surface area contributed by atoms with Crippen molar-refractivity contribution in [1.29, 1.82) is 0 Å². The van der Waals surface area contributed by atoms with E-state index in [1.54, 1.807) is 18.3 Å². The molecule has 1 aliphatic heterocycles. The number of hydrogen-bond acceptors (Lipinski definition) is 6. The summed E-state index contributed by atoms with van der Waals surface area (Å²) < 4.78 is 48.3. The van der Waals surface area contributed by atoms with Gasteiger partial charge in [0.15, 0.2) is 17.2 Å². The molecule has 0 aliphatic carbocycles. The summed E-state index contributed by atoms with van der Waals surface area (Å²) in [7, 11) is 0. The molecule has 0 aromatic carbocycles. The summed E-state index contributed by atoms with van der Waals surface area (Å²) in [5.74, 6) is 1.11. The minimum absolute atomic E-state index is 0.0195. The van der Waals surface area contributed by atoms with Crippen LogP contribution in [-0.2, 0) is 10.9 Å². The van der Waals surface area contributed by atoms with Crippen molar-refractivity contribution in [3.8, 4) is 16.9 Å². The number of pyridine rings is 2. The van der Waals surface area contributed by atoms with Gasteiger partial charge in [-0.25, -0.2) is 4.98 Å². The molecular formula is C20H18F3N7O. The third kappa shape index (κ3) is 3.40. The fourth-order valence-corrected chi connectivity index (χ4v) is 3.82. The molecule has 31 heavy (non-hydrogen) atoms. The first kappa shape index (κ1) is 19.5. The highest BCUT2D eigenvalue weighted by molar-refractivity contribution is 5.95. The molecule has 160 valence electrons. The van der Waals surface area contributed by atoms with Crippen LogP contribution < -0.4 is 4.90 Å². The van der Waals surface area contributed by atoms with Crippen LogP contribution in [0.4, 0.5) is 19.0 Å². The molecular weight excluding hydrogens is 411 g/mol. The minimum Gasteiger partial charge on any atom is -0.377 e. The zero-order valence-electron chi connectivity index (χ0n) is 16.5. The van der Waals surface area contributed by atoms with Crippen LogP contribution in [0.15, 0.2) is 42.9 Å². The molecule has 11 heteroatoms. The maximum Gasteiger partial charge on any atom is 0.433 e. The van der Waals surface area contributed by atoms with E-state index in [0.29, 0.717) is 48.0 Å². The Morgan fingerprint density at radius 2 is 2.06 bits per heavy atom. The second-order valence-electron chi connectivity index (χ2n) is 7.28. The lowest BCUT2D eigenvalue weighted by Crippen LogP contribution is -2.44. The molecule has 1 N–H and O–H groups in total. The van der Waals surface area contributed by atoms with E-state index >= 15 is 0 Å². The summed E-state index contributed by atoms with van der Waals surface area (Å²) >= 11 is 0. The van der Waals surface area contributed by atoms with Gasteiger partial charge in [-0.2, -0.15) is 28.1 Å². The third-order valence-electron chi connectivity index (χ3n) is 5.27. The van der Waals surface area contributed by atoms with Gasteiger partial charge < -0.3 is 9.64 Å². The van der Waals surface area contributed by atoms with Crippen LogP contribution in [0.1, 0.15) is 12.6 Å². The first-order valence-electron chi connectivity index (χ1n) is 9.69. The Hall–Kier alpha value is -3.47. The number of ether oxygens (including phenoxy) is 1. The molecule has 0 radical (unpaired) electrons. The van der Waals surface area contributed by atoms with Gasteiger partial charge in [0, 0.05) is 35.3 Å². The number of morpholine rings is 1. The molecule has 0 saturated carbocycles. The second kappa shape index (κ2) is 7.34. The number of H-pyrrole nitrogens is 1. The molecule has 5 heterocycles. The SMILES string of the molecule is C[C@@H]1COCCN1c1cc(-c2cccnc2C(F)(F)F)c2cnn(-c3ccn[nH]3)c2n1. The maximum atomic E-state index is 13.7. The summed E-state index contributed by atoms with van der Waals surface area (Å²) in [5.41, 5.74) is -0.177. The van der Waals surface area contributed by atoms with E-state index in [0.717, 1.165) is 6.20 Å². The van der Waals surface area contributed by atoms with Gasteiger partial charge in [0.2, 0.25) is 0 Å². The highest BCUT2D eigenvalue weighted by Crippen LogP contribution is 2.39. The van der Waals surface area contributed by atoms with Crippen LogP contribution >= 0.6 is 0 Å². The first-order chi connectivity index (χ1) is 14.9. The van der Waals surface area contributed by atoms with Gasteiger partial charge >= 0.3 is 6.18 Å². The quantitative estimate of drug-likeness (QED) is 0.537. The van der Waals surface area contributed by atoms with Gasteiger partial charge in [0.25, 0.3) is 0 Å². The van der Waals surface area contributed by atoms with Gasteiger partial charge in [0.1, 0.15) is 5.82 Å². The summed E-state index contributed by atoms with van der Waals surface area (Å²) in [5, 5.41) is 11.6. The highest BCUT2D eigenvalue weighted by atomic mass is 19.4. The zero-order valence-corrected chi connectivity index (χ0v) is 16.5. The number of nitrogens with zero attached hydrogens (tertiary/aromatic N) is 6. The van der Waals surface area contributed by atoms with E-state index in [9.17, 15) is 13.2 Å². The normalized spacial score (nSPS) is 17.4. The number of aromatic amines is 1. The van der Waals surface area contributed by atoms with Gasteiger partial charge in [0.05, 0.1) is 31.6 Å². The van der Waals surface area contributed by atoms with Crippen LogP contribution in [0.5, 0.6) is 0 Å². The van der Waals surface area contributed by atoms with E-state index in [1.807, 2.05) is 11.8 Å². The molecule has 0 amide bonds. The number of halogens is 3. The molecule has 1 atom stereocenters. The molecule has 0 unspecified atom stereocenters. The van der Waals surface area contributed by atoms with E-state index in [-0.39, 0.29) is 11.6 Å². The van der Waals surface area contributed by atoms with Gasteiger partial charge in [-0.05, 0) is 19.1 Å². The fraction of sp³-hybridized carbons (Fsp3) is 0.300. The highest BCUT2D eigenvalue weighted by Gasteiger charge is 2.36. The summed E-state index contributed by atoms with van der Waals surface area (Å²) in [6.07, 6.45) is -0.375. The summed E-state index contributed by atoms with van der Waals surface area (Å²) in [4.78, 5) is 10.4. The average molecular weight is 429 g/mol. The Morgan fingerprint density at radius 1 is 1.19 bits per heavy atom. The van der Waals surface area contributed by atoms with Crippen molar-refractivity contribution in [2.45, 2.75) is 19.1 Å². The maximum absolute atomic E-state index is 13.7. The monoisotopic (exact) mass is 429 g/mol. The van der Waals surface area contributed by atoms with E-state index in [2.05, 4.69) is 20.3 Å². The average Bonchev–Trinajstić information content (AvgIpc) is 3.42. The number of hydrogen-bond donors (Lipinski definition) is 1. The lowest BCUT2D eigenvalue weighted by atomic mass is 10.0. The van der Waals surface area contributed by atoms with Crippen molar-refractivity contribution in [3.63, 3.8) is 0 Å². The molecule has 5 rings (SSSR count). The lowest BCUT2D eigenvalue weighted by molar-refractivity contribution is -0.140. The molecule has 8 nitrogen and oxygen atoms in total. The number of fused-ring (bicyclic) bond motifs is 1. The Balaban J connectivity index is 1.78. The van der Waals surface area contributed by atoms with Crippen LogP contribution in [-0.4, -0.2) is 55.7 Å². The van der Waals surface area contributed by atoms with Gasteiger partial charge in [-0.15, -0.1) is 0 Å². The predicted molar refractivity (Wildman–Crippen MR) is 107 cm³/mol. The molecule has 4 aromatic heterocycles. The van der Waals surface area contributed by atoms with Crippen LogP contribution in [0.3, 0.4) is 0 Å². The van der Waals surface area contributed by atoms with Crippen molar-refractivity contribution in [2.75, 3.05) is 24.7 Å². The smallest absolute Gasteiger partial charge is 0.377 e. The standard InChI is InChI=1S/C20H18F3N7O/c1-12-11-31-8-7-29(12)17-9-14(13-3-2-5-24-18(13)20(21,22)23)15-10-26-30(19(15)27-17)16-4-6-25-28-16/h2-6,9-10,12H,7-8,11H2,1H3,(H,25,28)/t12-/m1/s1. The third-order valence-corrected chi connectivity index (χ3v) is 5.27. The molecule has 4 aromatic rings. The number of alkyl halides is 3. The van der Waals surface area contributed by atoms with Crippen molar-refractivity contribution in [1.82, 2.24) is 29.9 Å². The molecule has 1 saturated heterocycles. The fourth-order valence-electron chi connectivity index (χ4n) is 3.82. The molecule has 1 fully saturated rings. The van der Waals surface area contributed by atoms with E-state index < -0.39 is 11.9 Å². The Bertz CT molecular complexity index is 1220. The molecule has 0 bridgehead atoms. The van der Waals surface area contributed by atoms with Crippen molar-refractivity contribution < 1.29 is 17.9 Å². The van der Waals surface area contributed by atoms with E-state index in [1.165, 1.54) is 23.0 Å². The zero-order chi connectivity index (χ0) is 21.6. The van der Waals surface area contributed by atoms with E-state index in [4.69, 9.17) is 9.72 Å². The second-order valence-corrected chi connectivity index (χ2v) is 7.28. The number of nitrogens with one attached hydrogen (secondary N) is 1. The van der Waals surface area contributed by atoms with Gasteiger partial charge in [-0.3, -0.25) is 10.1 Å². The van der Waals surface area contributed by atoms with Gasteiger partial charge in [-0.1, -0.05) is 6.07 Å². The lowest BCUT2D eigenvalue weighted by Gasteiger charge is -2.34. The summed E-state index contributed by atoms with van der Waals surface area (Å²) in [6.45, 7) is 3.59. The minimum atomic E-state index is -4.60. The number of anilines is 1. The topological polar surface area (TPSA) is 84.8 Å². The Kier molecular flexibility index (Phi) is 4.62. The Morgan fingerprint density at radius 3 is 2.81 bits per heavy atom. The molecule has 1 aliphatic rings. The largest absolute Gasteiger partial charge is 0.433 e. The summed E-state index contributed by atoms with van der Waals surface area (Å²) in [6, 6.07) is 6.32.